The van der Waals surface area contributed by atoms with E-state index in [1.165, 1.54) is 0 Å². The molecule has 2 N–H and O–H groups in total. The number of methoxy groups -OCH3 is 1. The van der Waals surface area contributed by atoms with Crippen LogP contribution in [0.1, 0.15) is 51.9 Å². The molecule has 5 heteroatoms. The van der Waals surface area contributed by atoms with Crippen LogP contribution in [0.15, 0.2) is 4.52 Å². The van der Waals surface area contributed by atoms with Gasteiger partial charge in [0.2, 0.25) is 11.7 Å². The van der Waals surface area contributed by atoms with Crippen molar-refractivity contribution in [2.75, 3.05) is 7.11 Å². The summed E-state index contributed by atoms with van der Waals surface area (Å²) in [6, 6.07) is -0.209. The van der Waals surface area contributed by atoms with E-state index >= 15 is 0 Å². The van der Waals surface area contributed by atoms with Gasteiger partial charge in [-0.2, -0.15) is 4.98 Å². The number of nitrogens with two attached hydrogens (primary N) is 1. The molecule has 0 saturated carbocycles. The van der Waals surface area contributed by atoms with E-state index in [4.69, 9.17) is 15.0 Å². The average molecular weight is 227 g/mol. The minimum absolute atomic E-state index is 0.209. The zero-order valence-electron chi connectivity index (χ0n) is 10.7. The molecule has 5 nitrogen and oxygen atoms in total. The highest BCUT2D eigenvalue weighted by Gasteiger charge is 2.28. The van der Waals surface area contributed by atoms with Gasteiger partial charge < -0.3 is 15.0 Å². The van der Waals surface area contributed by atoms with Crippen LogP contribution in [0.2, 0.25) is 0 Å². The van der Waals surface area contributed by atoms with Gasteiger partial charge in [0.15, 0.2) is 0 Å². The van der Waals surface area contributed by atoms with Gasteiger partial charge in [0.05, 0.1) is 6.04 Å². The second-order valence-corrected chi connectivity index (χ2v) is 4.58. The summed E-state index contributed by atoms with van der Waals surface area (Å²) in [5.41, 5.74) is 5.47. The van der Waals surface area contributed by atoms with Gasteiger partial charge in [0, 0.05) is 7.11 Å². The molecule has 0 saturated heterocycles. The number of hydrogen-bond acceptors (Lipinski definition) is 5. The van der Waals surface area contributed by atoms with Crippen LogP contribution in [0.3, 0.4) is 0 Å². The fraction of sp³-hybridized carbons (Fsp3) is 0.818. The molecule has 0 aliphatic carbocycles. The van der Waals surface area contributed by atoms with Gasteiger partial charge in [-0.25, -0.2) is 0 Å². The number of aromatic nitrogens is 2. The zero-order chi connectivity index (χ0) is 12.3. The lowest BCUT2D eigenvalue weighted by Crippen LogP contribution is -2.22. The van der Waals surface area contributed by atoms with Crippen molar-refractivity contribution in [2.45, 2.75) is 45.8 Å². The third kappa shape index (κ3) is 2.59. The summed E-state index contributed by atoms with van der Waals surface area (Å²) in [7, 11) is 1.62. The first-order valence-electron chi connectivity index (χ1n) is 5.57. The molecule has 0 amide bonds. The number of hydrogen-bond donors (Lipinski definition) is 1. The van der Waals surface area contributed by atoms with E-state index in [1.807, 2.05) is 13.8 Å². The second kappa shape index (κ2) is 4.93. The Balaban J connectivity index is 2.87. The van der Waals surface area contributed by atoms with Crippen molar-refractivity contribution in [1.29, 1.82) is 0 Å². The summed E-state index contributed by atoms with van der Waals surface area (Å²) in [5.74, 6) is 1.33. The molecule has 0 unspecified atom stereocenters. The van der Waals surface area contributed by atoms with Crippen LogP contribution in [-0.4, -0.2) is 17.3 Å². The van der Waals surface area contributed by atoms with E-state index in [1.54, 1.807) is 7.11 Å². The number of ether oxygens (including phenoxy) is 1. The predicted molar refractivity (Wildman–Crippen MR) is 60.7 cm³/mol. The molecule has 16 heavy (non-hydrogen) atoms. The summed E-state index contributed by atoms with van der Waals surface area (Å²) in [5, 5.41) is 3.91. The maximum atomic E-state index is 6.01. The quantitative estimate of drug-likeness (QED) is 0.832. The van der Waals surface area contributed by atoms with Crippen LogP contribution in [-0.2, 0) is 10.3 Å². The van der Waals surface area contributed by atoms with Crippen molar-refractivity contribution in [3.8, 4) is 0 Å². The largest absolute Gasteiger partial charge is 0.371 e. The van der Waals surface area contributed by atoms with E-state index in [0.717, 1.165) is 6.42 Å². The third-order valence-corrected chi connectivity index (χ3v) is 3.03. The van der Waals surface area contributed by atoms with Gasteiger partial charge in [0.1, 0.15) is 5.60 Å². The van der Waals surface area contributed by atoms with Crippen LogP contribution in [0.5, 0.6) is 0 Å². The number of rotatable bonds is 5. The zero-order valence-corrected chi connectivity index (χ0v) is 10.7. The van der Waals surface area contributed by atoms with Crippen molar-refractivity contribution < 1.29 is 9.26 Å². The Hall–Kier alpha value is -0.940. The topological polar surface area (TPSA) is 74.2 Å². The summed E-state index contributed by atoms with van der Waals surface area (Å²) in [4.78, 5) is 4.29. The van der Waals surface area contributed by atoms with E-state index in [2.05, 4.69) is 24.0 Å². The highest BCUT2D eigenvalue weighted by atomic mass is 16.5. The van der Waals surface area contributed by atoms with Crippen LogP contribution in [0, 0.1) is 5.92 Å². The molecule has 0 aromatic carbocycles. The summed E-state index contributed by atoms with van der Waals surface area (Å²) in [6.45, 7) is 7.92. The van der Waals surface area contributed by atoms with E-state index in [9.17, 15) is 0 Å². The Kier molecular flexibility index (Phi) is 4.04. The number of nitrogens with zero attached hydrogens (tertiary/aromatic N) is 2. The molecule has 0 bridgehead atoms. The Morgan fingerprint density at radius 3 is 2.62 bits per heavy atom. The first kappa shape index (κ1) is 13.1. The van der Waals surface area contributed by atoms with E-state index < -0.39 is 5.60 Å². The Bertz CT molecular complexity index is 336. The molecule has 2 atom stereocenters. The highest BCUT2D eigenvalue weighted by molar-refractivity contribution is 5.00. The lowest BCUT2D eigenvalue weighted by atomic mass is 10.0. The molecule has 0 fully saturated rings. The van der Waals surface area contributed by atoms with Crippen molar-refractivity contribution in [3.05, 3.63) is 11.7 Å². The highest BCUT2D eigenvalue weighted by Crippen LogP contribution is 2.25. The van der Waals surface area contributed by atoms with Crippen LogP contribution >= 0.6 is 0 Å². The van der Waals surface area contributed by atoms with Crippen molar-refractivity contribution in [1.82, 2.24) is 10.1 Å². The molecule has 1 rings (SSSR count). The smallest absolute Gasteiger partial charge is 0.243 e. The second-order valence-electron chi connectivity index (χ2n) is 4.58. The summed E-state index contributed by atoms with van der Waals surface area (Å²) >= 11 is 0. The summed E-state index contributed by atoms with van der Waals surface area (Å²) in [6.07, 6.45) is 0.979. The van der Waals surface area contributed by atoms with Crippen LogP contribution < -0.4 is 5.73 Å². The molecule has 0 aliphatic rings. The molecule has 1 aromatic rings. The lowest BCUT2D eigenvalue weighted by molar-refractivity contribution is 0.00973. The molecule has 1 heterocycles. The third-order valence-electron chi connectivity index (χ3n) is 3.03. The van der Waals surface area contributed by atoms with Crippen molar-refractivity contribution in [3.63, 3.8) is 0 Å². The molecular weight excluding hydrogens is 206 g/mol. The molecule has 1 aromatic heterocycles. The monoisotopic (exact) mass is 227 g/mol. The predicted octanol–water partition coefficient (Wildman–Crippen LogP) is 2.00. The van der Waals surface area contributed by atoms with Crippen LogP contribution in [0.4, 0.5) is 0 Å². The molecule has 0 radical (unpaired) electrons. The maximum absolute atomic E-state index is 6.01. The molecule has 0 spiro atoms. The maximum Gasteiger partial charge on any atom is 0.243 e. The Morgan fingerprint density at radius 2 is 2.12 bits per heavy atom. The molecular formula is C11H21N3O2. The fourth-order valence-corrected chi connectivity index (χ4v) is 1.20. The van der Waals surface area contributed by atoms with Gasteiger partial charge in [0.25, 0.3) is 0 Å². The van der Waals surface area contributed by atoms with Gasteiger partial charge in [-0.15, -0.1) is 0 Å². The lowest BCUT2D eigenvalue weighted by Gasteiger charge is -2.17. The van der Waals surface area contributed by atoms with Crippen LogP contribution in [0.25, 0.3) is 0 Å². The summed E-state index contributed by atoms with van der Waals surface area (Å²) < 4.78 is 10.4. The minimum Gasteiger partial charge on any atom is -0.371 e. The first-order valence-corrected chi connectivity index (χ1v) is 5.57. The average Bonchev–Trinajstić information content (AvgIpc) is 2.76. The van der Waals surface area contributed by atoms with Gasteiger partial charge in [-0.05, 0) is 19.8 Å². The fourth-order valence-electron chi connectivity index (χ4n) is 1.20. The Morgan fingerprint density at radius 1 is 1.50 bits per heavy atom. The molecule has 92 valence electrons. The van der Waals surface area contributed by atoms with E-state index in [-0.39, 0.29) is 6.04 Å². The van der Waals surface area contributed by atoms with E-state index in [0.29, 0.717) is 17.6 Å². The minimum atomic E-state index is -0.545. The van der Waals surface area contributed by atoms with Crippen molar-refractivity contribution >= 4 is 0 Å². The van der Waals surface area contributed by atoms with Gasteiger partial charge in [-0.3, -0.25) is 0 Å². The SMILES string of the molecule is CC[C@H](C)[C@H](N)c1nc(C(C)(C)OC)no1. The standard InChI is InChI=1S/C11H21N3O2/c1-6-7(2)8(12)9-13-10(14-16-9)11(3,4)15-5/h7-8H,6,12H2,1-5H3/t7-,8-/m0/s1. The van der Waals surface area contributed by atoms with Crippen molar-refractivity contribution in [2.24, 2.45) is 11.7 Å². The van der Waals surface area contributed by atoms with Gasteiger partial charge >= 0.3 is 0 Å². The molecule has 0 aliphatic heterocycles. The first-order chi connectivity index (χ1) is 7.42. The van der Waals surface area contributed by atoms with Gasteiger partial charge in [-0.1, -0.05) is 25.4 Å². The normalized spacial score (nSPS) is 16.1. The Labute approximate surface area is 96.4 Å².